The fourth-order valence-electron chi connectivity index (χ4n) is 5.26. The summed E-state index contributed by atoms with van der Waals surface area (Å²) in [6.45, 7) is 23.2. The number of likely N-dealkylation sites (tertiary alicyclic amines) is 2. The van der Waals surface area contributed by atoms with Gasteiger partial charge in [0.1, 0.15) is 0 Å². The molecule has 2 fully saturated rings. The van der Waals surface area contributed by atoms with Crippen LogP contribution in [0.1, 0.15) is 75.6 Å². The van der Waals surface area contributed by atoms with Crippen LogP contribution in [0.2, 0.25) is 0 Å². The molecule has 2 heterocycles. The highest BCUT2D eigenvalue weighted by Gasteiger charge is 2.27. The second-order valence-electron chi connectivity index (χ2n) is 10.4. The molecule has 0 aromatic heterocycles. The number of piperidine rings is 1. The highest BCUT2D eigenvalue weighted by molar-refractivity contribution is 5.35. The normalized spacial score (nSPS) is 27.1. The van der Waals surface area contributed by atoms with E-state index in [0.29, 0.717) is 0 Å². The third kappa shape index (κ3) is 9.10. The molecule has 1 aromatic rings. The minimum Gasteiger partial charge on any atom is -0.306 e. The van der Waals surface area contributed by atoms with E-state index in [1.807, 2.05) is 0 Å². The largest absolute Gasteiger partial charge is 0.306 e. The summed E-state index contributed by atoms with van der Waals surface area (Å²) in [5, 5.41) is 0. The maximum atomic E-state index is 2.46. The summed E-state index contributed by atoms with van der Waals surface area (Å²) in [6, 6.07) is 4.48. The summed E-state index contributed by atoms with van der Waals surface area (Å²) in [6.07, 6.45) is 5.53. The smallest absolute Gasteiger partial charge is 0.000975 e. The van der Waals surface area contributed by atoms with E-state index in [-0.39, 0.29) is 0 Å². The van der Waals surface area contributed by atoms with Crippen LogP contribution in [0.15, 0.2) is 12.1 Å². The molecule has 0 amide bonds. The fraction of sp³-hybridized carbons (Fsp3) is 0.786. The van der Waals surface area contributed by atoms with Gasteiger partial charge in [-0.1, -0.05) is 59.1 Å². The van der Waals surface area contributed by atoms with Gasteiger partial charge in [0.05, 0.1) is 0 Å². The van der Waals surface area contributed by atoms with Crippen molar-refractivity contribution < 1.29 is 0 Å². The Morgan fingerprint density at radius 2 is 1.07 bits per heavy atom. The standard InChI is InChI=1S/C10H14.2C9H19N/c1-7-5-9(3)10(4)6-8(7)2;1-4-9-5-8(2)6-10(3)7-9;1-4-8-6-10(3)7-9(8)5-2/h5-6H,1-4H3;2*8-9H,4-7H2,1-3H3. The molecule has 3 rings (SSSR count). The van der Waals surface area contributed by atoms with Crippen LogP contribution in [-0.2, 0) is 0 Å². The molecular weight excluding hydrogens is 364 g/mol. The first-order valence-corrected chi connectivity index (χ1v) is 12.5. The zero-order valence-electron chi connectivity index (χ0n) is 22.0. The zero-order chi connectivity index (χ0) is 22.8. The van der Waals surface area contributed by atoms with E-state index < -0.39 is 0 Å². The molecule has 2 aliphatic rings. The van der Waals surface area contributed by atoms with Crippen molar-refractivity contribution in [2.45, 2.75) is 81.1 Å². The SMILES string of the molecule is CCC1CC(C)CN(C)C1.CCC1CN(C)CC1CC.Cc1cc(C)c(C)cc1C. The quantitative estimate of drug-likeness (QED) is 0.529. The maximum absolute atomic E-state index is 2.46. The summed E-state index contributed by atoms with van der Waals surface area (Å²) in [5.74, 6) is 3.85. The van der Waals surface area contributed by atoms with Crippen LogP contribution in [0.3, 0.4) is 0 Å². The zero-order valence-corrected chi connectivity index (χ0v) is 22.0. The fourth-order valence-corrected chi connectivity index (χ4v) is 5.26. The molecule has 0 aliphatic carbocycles. The van der Waals surface area contributed by atoms with Gasteiger partial charge in [0.2, 0.25) is 0 Å². The van der Waals surface area contributed by atoms with Gasteiger partial charge >= 0.3 is 0 Å². The van der Waals surface area contributed by atoms with Crippen LogP contribution in [0.5, 0.6) is 0 Å². The number of aryl methyl sites for hydroxylation is 4. The topological polar surface area (TPSA) is 6.48 Å². The molecule has 2 heteroatoms. The van der Waals surface area contributed by atoms with Gasteiger partial charge in [-0.25, -0.2) is 0 Å². The molecule has 2 saturated heterocycles. The molecule has 0 saturated carbocycles. The van der Waals surface area contributed by atoms with E-state index in [1.165, 1.54) is 74.1 Å². The van der Waals surface area contributed by atoms with Crippen LogP contribution in [-0.4, -0.2) is 50.1 Å². The van der Waals surface area contributed by atoms with Crippen molar-refractivity contribution in [3.8, 4) is 0 Å². The Balaban J connectivity index is 0.000000225. The average molecular weight is 417 g/mol. The first-order valence-electron chi connectivity index (χ1n) is 12.5. The van der Waals surface area contributed by atoms with Crippen molar-refractivity contribution in [1.82, 2.24) is 9.80 Å². The van der Waals surface area contributed by atoms with Crippen molar-refractivity contribution in [2.75, 3.05) is 40.3 Å². The Bertz CT molecular complexity index is 537. The molecule has 4 unspecified atom stereocenters. The highest BCUT2D eigenvalue weighted by Crippen LogP contribution is 2.27. The lowest BCUT2D eigenvalue weighted by Gasteiger charge is -2.33. The highest BCUT2D eigenvalue weighted by atomic mass is 15.1. The molecule has 2 aliphatic heterocycles. The van der Waals surface area contributed by atoms with E-state index in [9.17, 15) is 0 Å². The van der Waals surface area contributed by atoms with Gasteiger partial charge in [-0.3, -0.25) is 0 Å². The second kappa shape index (κ2) is 13.5. The summed E-state index contributed by atoms with van der Waals surface area (Å²) in [4.78, 5) is 4.92. The lowest BCUT2D eigenvalue weighted by Crippen LogP contribution is -2.36. The van der Waals surface area contributed by atoms with Crippen molar-refractivity contribution in [1.29, 1.82) is 0 Å². The van der Waals surface area contributed by atoms with E-state index in [1.54, 1.807) is 0 Å². The average Bonchev–Trinajstić information content (AvgIpc) is 3.06. The Hall–Kier alpha value is -0.860. The molecule has 30 heavy (non-hydrogen) atoms. The van der Waals surface area contributed by atoms with E-state index in [0.717, 1.165) is 23.7 Å². The van der Waals surface area contributed by atoms with Crippen molar-refractivity contribution in [2.24, 2.45) is 23.7 Å². The number of hydrogen-bond donors (Lipinski definition) is 0. The molecule has 4 atom stereocenters. The van der Waals surface area contributed by atoms with Crippen molar-refractivity contribution >= 4 is 0 Å². The third-order valence-electron chi connectivity index (χ3n) is 7.42. The predicted molar refractivity (Wildman–Crippen MR) is 136 cm³/mol. The molecule has 0 bridgehead atoms. The van der Waals surface area contributed by atoms with Gasteiger partial charge in [0.25, 0.3) is 0 Å². The van der Waals surface area contributed by atoms with Crippen LogP contribution < -0.4 is 0 Å². The first kappa shape index (κ1) is 27.2. The third-order valence-corrected chi connectivity index (χ3v) is 7.42. The number of benzene rings is 1. The van der Waals surface area contributed by atoms with Crippen molar-refractivity contribution in [3.63, 3.8) is 0 Å². The van der Waals surface area contributed by atoms with Gasteiger partial charge in [-0.05, 0) is 94.1 Å². The van der Waals surface area contributed by atoms with Crippen LogP contribution in [0.25, 0.3) is 0 Å². The van der Waals surface area contributed by atoms with Gasteiger partial charge in [0.15, 0.2) is 0 Å². The summed E-state index contributed by atoms with van der Waals surface area (Å²) in [5.41, 5.74) is 5.57. The lowest BCUT2D eigenvalue weighted by molar-refractivity contribution is 0.158. The summed E-state index contributed by atoms with van der Waals surface area (Å²) >= 11 is 0. The van der Waals surface area contributed by atoms with E-state index in [2.05, 4.69) is 91.4 Å². The first-order chi connectivity index (χ1) is 14.1. The van der Waals surface area contributed by atoms with Gasteiger partial charge < -0.3 is 9.80 Å². The Labute approximate surface area is 189 Å². The summed E-state index contributed by atoms with van der Waals surface area (Å²) in [7, 11) is 4.47. The van der Waals surface area contributed by atoms with Crippen LogP contribution >= 0.6 is 0 Å². The number of nitrogens with zero attached hydrogens (tertiary/aromatic N) is 2. The molecule has 1 aromatic carbocycles. The van der Waals surface area contributed by atoms with Gasteiger partial charge in [-0.2, -0.15) is 0 Å². The van der Waals surface area contributed by atoms with Gasteiger partial charge in [-0.15, -0.1) is 0 Å². The van der Waals surface area contributed by atoms with E-state index in [4.69, 9.17) is 0 Å². The minimum atomic E-state index is 0.920. The monoisotopic (exact) mass is 416 g/mol. The maximum Gasteiger partial charge on any atom is 0.000975 e. The molecule has 174 valence electrons. The molecule has 2 nitrogen and oxygen atoms in total. The van der Waals surface area contributed by atoms with Gasteiger partial charge in [0, 0.05) is 26.2 Å². The number of rotatable bonds is 3. The summed E-state index contributed by atoms with van der Waals surface area (Å²) < 4.78 is 0. The minimum absolute atomic E-state index is 0.920. The molecule has 0 N–H and O–H groups in total. The Morgan fingerprint density at radius 1 is 0.667 bits per heavy atom. The molecule has 0 spiro atoms. The molecular formula is C28H52N2. The van der Waals surface area contributed by atoms with E-state index >= 15 is 0 Å². The Morgan fingerprint density at radius 3 is 1.40 bits per heavy atom. The molecule has 0 radical (unpaired) electrons. The predicted octanol–water partition coefficient (Wildman–Crippen LogP) is 6.89. The Kier molecular flexibility index (Phi) is 12.3. The number of hydrogen-bond acceptors (Lipinski definition) is 2. The lowest BCUT2D eigenvalue weighted by atomic mass is 9.89. The van der Waals surface area contributed by atoms with Crippen molar-refractivity contribution in [3.05, 3.63) is 34.4 Å². The second-order valence-corrected chi connectivity index (χ2v) is 10.4. The van der Waals surface area contributed by atoms with Crippen LogP contribution in [0.4, 0.5) is 0 Å². The van der Waals surface area contributed by atoms with Crippen LogP contribution in [0, 0.1) is 51.4 Å².